The van der Waals surface area contributed by atoms with Gasteiger partial charge in [-0.2, -0.15) is 0 Å². The fourth-order valence-electron chi connectivity index (χ4n) is 3.77. The lowest BCUT2D eigenvalue weighted by Gasteiger charge is -2.39. The van der Waals surface area contributed by atoms with Crippen LogP contribution < -0.4 is 5.32 Å². The van der Waals surface area contributed by atoms with E-state index in [1.165, 1.54) is 0 Å². The van der Waals surface area contributed by atoms with E-state index in [2.05, 4.69) is 5.32 Å². The number of hydrogen-bond acceptors (Lipinski definition) is 3. The smallest absolute Gasteiger partial charge is 0.314 e. The molecule has 1 heterocycles. The Morgan fingerprint density at radius 3 is 2.00 bits per heavy atom. The van der Waals surface area contributed by atoms with E-state index in [1.54, 1.807) is 29.2 Å². The molecule has 1 aliphatic heterocycles. The van der Waals surface area contributed by atoms with Gasteiger partial charge in [0, 0.05) is 30.3 Å². The third-order valence-corrected chi connectivity index (χ3v) is 5.45. The van der Waals surface area contributed by atoms with Crippen LogP contribution in [0.2, 0.25) is 0 Å². The van der Waals surface area contributed by atoms with Crippen molar-refractivity contribution in [3.63, 3.8) is 0 Å². The van der Waals surface area contributed by atoms with Gasteiger partial charge in [-0.05, 0) is 56.5 Å². The van der Waals surface area contributed by atoms with E-state index < -0.39 is 11.4 Å². The van der Waals surface area contributed by atoms with Gasteiger partial charge in [-0.3, -0.25) is 14.4 Å². The summed E-state index contributed by atoms with van der Waals surface area (Å²) in [6, 6.07) is 15.8. The summed E-state index contributed by atoms with van der Waals surface area (Å²) in [6.45, 7) is 4.52. The summed E-state index contributed by atoms with van der Waals surface area (Å²) in [5.41, 5.74) is 0.813. The summed E-state index contributed by atoms with van der Waals surface area (Å²) < 4.78 is 0. The third-order valence-electron chi connectivity index (χ3n) is 5.45. The second kappa shape index (κ2) is 8.47. The van der Waals surface area contributed by atoms with Gasteiger partial charge in [-0.25, -0.2) is 0 Å². The molecule has 0 aromatic heterocycles. The molecule has 152 valence electrons. The van der Waals surface area contributed by atoms with E-state index >= 15 is 0 Å². The first-order valence-electron chi connectivity index (χ1n) is 9.82. The molecule has 1 aliphatic rings. The molecule has 2 N–H and O–H groups in total. The molecule has 0 spiro atoms. The Morgan fingerprint density at radius 2 is 1.48 bits per heavy atom. The highest BCUT2D eigenvalue weighted by molar-refractivity contribution is 5.98. The number of carbonyl (C=O) groups is 3. The molecule has 0 bridgehead atoms. The van der Waals surface area contributed by atoms with Crippen LogP contribution in [0.5, 0.6) is 0 Å². The second-order valence-corrected chi connectivity index (χ2v) is 7.75. The van der Waals surface area contributed by atoms with Crippen molar-refractivity contribution in [1.29, 1.82) is 0 Å². The van der Waals surface area contributed by atoms with Gasteiger partial charge in [-0.15, -0.1) is 0 Å². The van der Waals surface area contributed by atoms with Crippen molar-refractivity contribution in [3.05, 3.63) is 71.3 Å². The largest absolute Gasteiger partial charge is 0.481 e. The maximum absolute atomic E-state index is 12.9. The molecule has 2 amide bonds. The lowest BCUT2D eigenvalue weighted by atomic mass is 9.73. The number of rotatable bonds is 5. The van der Waals surface area contributed by atoms with Crippen molar-refractivity contribution in [2.24, 2.45) is 0 Å². The van der Waals surface area contributed by atoms with Crippen LogP contribution in [0.1, 0.15) is 53.0 Å². The minimum atomic E-state index is -0.961. The summed E-state index contributed by atoms with van der Waals surface area (Å²) >= 11 is 0. The Labute approximate surface area is 170 Å². The number of carboxylic acid groups (broad SMARTS) is 1. The van der Waals surface area contributed by atoms with Crippen LogP contribution in [0.4, 0.5) is 0 Å². The fraction of sp³-hybridized carbons (Fsp3) is 0.348. The molecule has 0 atom stereocenters. The van der Waals surface area contributed by atoms with Gasteiger partial charge in [0.1, 0.15) is 0 Å². The Bertz CT molecular complexity index is 883. The fourth-order valence-corrected chi connectivity index (χ4v) is 3.77. The molecule has 6 nitrogen and oxygen atoms in total. The van der Waals surface area contributed by atoms with Crippen molar-refractivity contribution in [1.82, 2.24) is 10.2 Å². The average Bonchev–Trinajstić information content (AvgIpc) is 2.73. The molecular formula is C23H26N2O4. The van der Waals surface area contributed by atoms with Crippen LogP contribution in [0.15, 0.2) is 54.6 Å². The molecule has 0 saturated carbocycles. The summed E-state index contributed by atoms with van der Waals surface area (Å²) in [6.07, 6.45) is 0.736. The van der Waals surface area contributed by atoms with Gasteiger partial charge in [0.15, 0.2) is 0 Å². The van der Waals surface area contributed by atoms with Crippen molar-refractivity contribution in [2.75, 3.05) is 13.1 Å². The van der Waals surface area contributed by atoms with E-state index in [4.69, 9.17) is 0 Å². The number of hydrogen-bond donors (Lipinski definition) is 2. The van der Waals surface area contributed by atoms with Gasteiger partial charge >= 0.3 is 5.97 Å². The predicted octanol–water partition coefficient (Wildman–Crippen LogP) is 3.08. The molecule has 1 saturated heterocycles. The standard InChI is InChI=1S/C23H26N2O4/c1-16(2)24-20(26)17-8-10-18(11-9-17)21(27)25-14-12-23(13-15-25,22(28)29)19-6-4-3-5-7-19/h3-11,16H,12-15H2,1-2H3,(H,24,26)(H,28,29). The monoisotopic (exact) mass is 394 g/mol. The van der Waals surface area contributed by atoms with Gasteiger partial charge in [0.2, 0.25) is 0 Å². The van der Waals surface area contributed by atoms with Crippen LogP contribution in [-0.4, -0.2) is 46.9 Å². The number of nitrogens with one attached hydrogen (secondary N) is 1. The highest BCUT2D eigenvalue weighted by Gasteiger charge is 2.43. The minimum absolute atomic E-state index is 0.0382. The van der Waals surface area contributed by atoms with Crippen LogP contribution in [0, 0.1) is 0 Å². The summed E-state index contributed by atoms with van der Waals surface area (Å²) in [5, 5.41) is 12.7. The normalized spacial score (nSPS) is 15.8. The molecule has 2 aromatic rings. The van der Waals surface area contributed by atoms with Crippen molar-refractivity contribution < 1.29 is 19.5 Å². The van der Waals surface area contributed by atoms with Gasteiger partial charge < -0.3 is 15.3 Å². The minimum Gasteiger partial charge on any atom is -0.481 e. The average molecular weight is 394 g/mol. The molecule has 1 fully saturated rings. The number of benzene rings is 2. The zero-order chi connectivity index (χ0) is 21.0. The zero-order valence-electron chi connectivity index (χ0n) is 16.7. The first-order valence-corrected chi connectivity index (χ1v) is 9.82. The molecule has 3 rings (SSSR count). The van der Waals surface area contributed by atoms with E-state index in [0.29, 0.717) is 37.1 Å². The molecular weight excluding hydrogens is 368 g/mol. The van der Waals surface area contributed by atoms with Crippen LogP contribution in [0.3, 0.4) is 0 Å². The van der Waals surface area contributed by atoms with E-state index in [1.807, 2.05) is 44.2 Å². The number of likely N-dealkylation sites (tertiary alicyclic amines) is 1. The van der Waals surface area contributed by atoms with E-state index in [9.17, 15) is 19.5 Å². The Kier molecular flexibility index (Phi) is 6.01. The summed E-state index contributed by atoms with van der Waals surface area (Å²) in [4.78, 5) is 38.6. The lowest BCUT2D eigenvalue weighted by Crippen LogP contribution is -2.49. The van der Waals surface area contributed by atoms with Crippen LogP contribution in [0.25, 0.3) is 0 Å². The van der Waals surface area contributed by atoms with E-state index in [-0.39, 0.29) is 17.9 Å². The molecule has 6 heteroatoms. The van der Waals surface area contributed by atoms with Gasteiger partial charge in [-0.1, -0.05) is 30.3 Å². The summed E-state index contributed by atoms with van der Waals surface area (Å²) in [7, 11) is 0. The molecule has 0 radical (unpaired) electrons. The molecule has 29 heavy (non-hydrogen) atoms. The van der Waals surface area contributed by atoms with Gasteiger partial charge in [0.05, 0.1) is 5.41 Å². The van der Waals surface area contributed by atoms with Crippen LogP contribution >= 0.6 is 0 Å². The quantitative estimate of drug-likeness (QED) is 0.816. The number of amides is 2. The number of piperidine rings is 1. The first-order chi connectivity index (χ1) is 13.8. The van der Waals surface area contributed by atoms with Crippen molar-refractivity contribution in [3.8, 4) is 0 Å². The van der Waals surface area contributed by atoms with Crippen molar-refractivity contribution >= 4 is 17.8 Å². The molecule has 0 aliphatic carbocycles. The number of nitrogens with zero attached hydrogens (tertiary/aromatic N) is 1. The Balaban J connectivity index is 1.70. The molecule has 0 unspecified atom stereocenters. The SMILES string of the molecule is CC(C)NC(=O)c1ccc(C(=O)N2CCC(C(=O)O)(c3ccccc3)CC2)cc1. The summed E-state index contributed by atoms with van der Waals surface area (Å²) in [5.74, 6) is -1.17. The second-order valence-electron chi connectivity index (χ2n) is 7.75. The third kappa shape index (κ3) is 4.31. The first kappa shape index (κ1) is 20.6. The lowest BCUT2D eigenvalue weighted by molar-refractivity contribution is -0.145. The number of carbonyl (C=O) groups excluding carboxylic acids is 2. The number of aliphatic carboxylic acids is 1. The van der Waals surface area contributed by atoms with Gasteiger partial charge in [0.25, 0.3) is 11.8 Å². The van der Waals surface area contributed by atoms with E-state index in [0.717, 1.165) is 5.56 Å². The predicted molar refractivity (Wildman–Crippen MR) is 110 cm³/mol. The Morgan fingerprint density at radius 1 is 0.931 bits per heavy atom. The zero-order valence-corrected chi connectivity index (χ0v) is 16.7. The molecule has 2 aromatic carbocycles. The highest BCUT2D eigenvalue weighted by Crippen LogP contribution is 2.36. The van der Waals surface area contributed by atoms with Crippen LogP contribution in [-0.2, 0) is 10.2 Å². The topological polar surface area (TPSA) is 86.7 Å². The van der Waals surface area contributed by atoms with Crippen molar-refractivity contribution in [2.45, 2.75) is 38.1 Å². The Hall–Kier alpha value is -3.15. The maximum Gasteiger partial charge on any atom is 0.314 e. The highest BCUT2D eigenvalue weighted by atomic mass is 16.4. The maximum atomic E-state index is 12.9. The number of carboxylic acids is 1.